The predicted octanol–water partition coefficient (Wildman–Crippen LogP) is 0.611. The van der Waals surface area contributed by atoms with Gasteiger partial charge in [0.25, 0.3) is 0 Å². The number of alkyl carbamates (subject to hydrolysis) is 1. The predicted molar refractivity (Wildman–Crippen MR) is 171 cm³/mol. The van der Waals surface area contributed by atoms with Crippen LogP contribution in [0, 0.1) is 10.1 Å². The van der Waals surface area contributed by atoms with Gasteiger partial charge in [-0.25, -0.2) is 9.36 Å². The fourth-order valence-corrected chi connectivity index (χ4v) is 6.93. The highest BCUT2D eigenvalue weighted by Gasteiger charge is 2.50. The molecule has 1 amide bonds. The van der Waals surface area contributed by atoms with Gasteiger partial charge in [0.2, 0.25) is 5.78 Å². The third-order valence-electron chi connectivity index (χ3n) is 9.64. The number of phenols is 2. The van der Waals surface area contributed by atoms with Crippen LogP contribution in [0.5, 0.6) is 17.2 Å². The first-order valence-electron chi connectivity index (χ1n) is 15.9. The first-order valence-corrected chi connectivity index (χ1v) is 15.9. The third-order valence-corrected chi connectivity index (χ3v) is 9.64. The van der Waals surface area contributed by atoms with E-state index in [0.29, 0.717) is 0 Å². The second-order valence-corrected chi connectivity index (χ2v) is 12.7. The molecule has 1 aromatic heterocycles. The van der Waals surface area contributed by atoms with E-state index in [1.54, 1.807) is 0 Å². The maximum absolute atomic E-state index is 13.9. The quantitative estimate of drug-likeness (QED) is 0.0783. The summed E-state index contributed by atoms with van der Waals surface area (Å²) < 4.78 is 23.6. The van der Waals surface area contributed by atoms with Crippen molar-refractivity contribution in [1.82, 2.24) is 14.9 Å². The van der Waals surface area contributed by atoms with Crippen molar-refractivity contribution in [2.45, 2.75) is 69.0 Å². The van der Waals surface area contributed by atoms with Crippen molar-refractivity contribution < 1.29 is 68.6 Å². The number of hydrogen-bond acceptors (Lipinski definition) is 16. The number of aromatic hydroxyl groups is 2. The van der Waals surface area contributed by atoms with E-state index >= 15 is 0 Å². The number of ketones is 3. The highest BCUT2D eigenvalue weighted by molar-refractivity contribution is 6.31. The summed E-state index contributed by atoms with van der Waals surface area (Å²) in [6.45, 7) is -0.0482. The summed E-state index contributed by atoms with van der Waals surface area (Å²) in [5.41, 5.74) is -4.08. The Morgan fingerprint density at radius 2 is 1.88 bits per heavy atom. The van der Waals surface area contributed by atoms with Crippen molar-refractivity contribution in [3.05, 3.63) is 73.6 Å². The molecule has 19 heteroatoms. The monoisotopic (exact) mass is 726 g/mol. The van der Waals surface area contributed by atoms with Crippen molar-refractivity contribution in [2.75, 3.05) is 13.7 Å². The molecule has 0 radical (unpaired) electrons. The average molecular weight is 727 g/mol. The lowest BCUT2D eigenvalue weighted by atomic mass is 9.72. The molecule has 1 fully saturated rings. The van der Waals surface area contributed by atoms with E-state index in [2.05, 4.69) is 10.3 Å². The zero-order valence-corrected chi connectivity index (χ0v) is 27.9. The van der Waals surface area contributed by atoms with Crippen LogP contribution in [0.15, 0.2) is 24.4 Å². The fraction of sp³-hybridized carbons (Fsp3) is 0.424. The molecule has 19 nitrogen and oxygen atoms in total. The highest BCUT2D eigenvalue weighted by atomic mass is 16.7. The second-order valence-electron chi connectivity index (χ2n) is 12.7. The van der Waals surface area contributed by atoms with Crippen LogP contribution >= 0.6 is 0 Å². The van der Waals surface area contributed by atoms with E-state index in [1.165, 1.54) is 39.3 Å². The van der Waals surface area contributed by atoms with E-state index in [1.807, 2.05) is 0 Å². The van der Waals surface area contributed by atoms with Crippen molar-refractivity contribution in [3.8, 4) is 17.2 Å². The molecule has 6 N–H and O–H groups in total. The summed E-state index contributed by atoms with van der Waals surface area (Å²) in [5.74, 6) is -4.73. The van der Waals surface area contributed by atoms with Gasteiger partial charge in [0.15, 0.2) is 30.2 Å². The number of imidazole rings is 1. The molecule has 6 rings (SSSR count). The molecule has 2 aromatic carbocycles. The van der Waals surface area contributed by atoms with Crippen molar-refractivity contribution in [2.24, 2.45) is 7.05 Å². The number of aliphatic hydroxyl groups is 3. The molecule has 2 heterocycles. The van der Waals surface area contributed by atoms with Crippen LogP contribution in [0.25, 0.3) is 0 Å². The molecule has 0 saturated carbocycles. The first kappa shape index (κ1) is 36.3. The number of nitro groups is 1. The minimum Gasteiger partial charge on any atom is -0.507 e. The van der Waals surface area contributed by atoms with Crippen LogP contribution in [0.1, 0.15) is 74.5 Å². The number of Topliss-reactive ketones (excluding diaryl/α,β-unsaturated/α-hetero) is 1. The number of hydrogen-bond donors (Lipinski definition) is 6. The smallest absolute Gasteiger partial charge is 0.434 e. The Morgan fingerprint density at radius 3 is 2.54 bits per heavy atom. The third kappa shape index (κ3) is 6.01. The molecule has 1 saturated heterocycles. The SMILES string of the molecule is COc1cccc2c1C(=O)c1c(O)c3c(c(O)c1C2=O)C[C@@](O)(C(=O)CO)C[C@@H]3O[C@H]1C[C@H](NC(=O)OCc2cnc([N+](=O)[O-])n2C)[C@H](O)[C@H](C)O1. The average Bonchev–Trinajstić information content (AvgIpc) is 3.48. The Hall–Kier alpha value is -5.47. The molecule has 0 bridgehead atoms. The molecule has 3 aliphatic rings. The minimum atomic E-state index is -2.38. The van der Waals surface area contributed by atoms with E-state index < -0.39 is 119 Å². The Bertz CT molecular complexity index is 2010. The summed E-state index contributed by atoms with van der Waals surface area (Å²) in [7, 11) is 2.65. The highest BCUT2D eigenvalue weighted by Crippen LogP contribution is 2.52. The maximum Gasteiger partial charge on any atom is 0.434 e. The molecule has 0 spiro atoms. The van der Waals surface area contributed by atoms with E-state index in [4.69, 9.17) is 18.9 Å². The maximum atomic E-state index is 13.9. The zero-order chi connectivity index (χ0) is 37.8. The van der Waals surface area contributed by atoms with E-state index in [-0.39, 0.29) is 40.1 Å². The molecule has 1 aliphatic heterocycles. The van der Waals surface area contributed by atoms with Gasteiger partial charge >= 0.3 is 12.0 Å². The summed E-state index contributed by atoms with van der Waals surface area (Å²) in [4.78, 5) is 67.2. The van der Waals surface area contributed by atoms with Crippen LogP contribution in [-0.4, -0.2) is 107 Å². The van der Waals surface area contributed by atoms with Gasteiger partial charge in [-0.2, -0.15) is 0 Å². The summed E-state index contributed by atoms with van der Waals surface area (Å²) in [5, 5.41) is 68.8. The lowest BCUT2D eigenvalue weighted by molar-refractivity contribution is -0.396. The number of carbonyl (C=O) groups excluding carboxylic acids is 4. The van der Waals surface area contributed by atoms with Gasteiger partial charge in [-0.15, -0.1) is 0 Å². The van der Waals surface area contributed by atoms with Gasteiger partial charge < -0.3 is 59.9 Å². The number of aromatic nitrogens is 2. The number of nitrogens with zero attached hydrogens (tertiary/aromatic N) is 3. The van der Waals surface area contributed by atoms with Gasteiger partial charge in [-0.1, -0.05) is 17.1 Å². The van der Waals surface area contributed by atoms with Gasteiger partial charge in [0, 0.05) is 36.0 Å². The zero-order valence-electron chi connectivity index (χ0n) is 27.9. The number of benzene rings is 2. The Labute approximate surface area is 293 Å². The summed E-state index contributed by atoms with van der Waals surface area (Å²) in [6.07, 6.45) is -6.56. The molecular weight excluding hydrogens is 692 g/mol. The topological polar surface area (TPSA) is 279 Å². The first-order chi connectivity index (χ1) is 24.6. The number of phenolic OH excluding ortho intramolecular Hbond substituents is 2. The van der Waals surface area contributed by atoms with Crippen LogP contribution in [0.4, 0.5) is 10.7 Å². The molecule has 276 valence electrons. The van der Waals surface area contributed by atoms with Crippen LogP contribution in [0.2, 0.25) is 0 Å². The van der Waals surface area contributed by atoms with Crippen LogP contribution < -0.4 is 10.1 Å². The summed E-state index contributed by atoms with van der Waals surface area (Å²) in [6, 6.07) is 3.16. The largest absolute Gasteiger partial charge is 0.507 e. The standard InChI is InChI=1S/C33H34N4O15/c1-13-26(40)17(35-32(45)50-12-14-10-34-31(36(14)2)37(47)48)7-21(51-13)52-19-9-33(46,20(39)11-38)8-16-23(19)30(44)25-24(28(16)42)27(41)15-5-4-6-18(49-3)22(15)29(25)43/h4-6,10,13,17,19,21,26,38,40,42,44,46H,7-9,11-12H2,1-3H3,(H,35,45)/t13-,17-,19-,21-,26+,33-/m0/s1. The van der Waals surface area contributed by atoms with Gasteiger partial charge in [0.05, 0.1) is 49.1 Å². The lowest BCUT2D eigenvalue weighted by Gasteiger charge is -2.42. The number of amides is 1. The number of rotatable bonds is 9. The fourth-order valence-electron chi connectivity index (χ4n) is 6.93. The van der Waals surface area contributed by atoms with E-state index in [9.17, 15) is 54.8 Å². The normalized spacial score (nSPS) is 25.1. The number of methoxy groups -OCH3 is 1. The van der Waals surface area contributed by atoms with E-state index in [0.717, 1.165) is 10.8 Å². The molecule has 6 atom stereocenters. The number of nitrogens with one attached hydrogen (secondary N) is 1. The second kappa shape index (κ2) is 13.6. The molecule has 0 unspecified atom stereocenters. The molecule has 2 aliphatic carbocycles. The van der Waals surface area contributed by atoms with Crippen LogP contribution in [0.3, 0.4) is 0 Å². The van der Waals surface area contributed by atoms with Crippen molar-refractivity contribution in [1.29, 1.82) is 0 Å². The number of fused-ring (bicyclic) bond motifs is 3. The summed E-state index contributed by atoms with van der Waals surface area (Å²) >= 11 is 0. The van der Waals surface area contributed by atoms with Crippen molar-refractivity contribution in [3.63, 3.8) is 0 Å². The number of aliphatic hydroxyl groups excluding tert-OH is 2. The van der Waals surface area contributed by atoms with Gasteiger partial charge in [0.1, 0.15) is 41.8 Å². The molecular formula is C33H34N4O15. The Balaban J connectivity index is 1.31. The molecule has 3 aromatic rings. The molecule has 52 heavy (non-hydrogen) atoms. The Kier molecular flexibility index (Phi) is 9.49. The van der Waals surface area contributed by atoms with Gasteiger partial charge in [-0.3, -0.25) is 14.4 Å². The minimum absolute atomic E-state index is 0.0377. The van der Waals surface area contributed by atoms with Gasteiger partial charge in [-0.05, 0) is 17.9 Å². The van der Waals surface area contributed by atoms with Crippen molar-refractivity contribution >= 4 is 29.4 Å². The lowest BCUT2D eigenvalue weighted by Crippen LogP contribution is -2.56. The van der Waals surface area contributed by atoms with Crippen LogP contribution in [-0.2, 0) is 39.1 Å². The Morgan fingerprint density at radius 1 is 1.17 bits per heavy atom. The number of carbonyl (C=O) groups is 4. The number of ether oxygens (including phenoxy) is 4.